The molecule has 0 amide bonds. The molecule has 0 heterocycles. The van der Waals surface area contributed by atoms with Crippen molar-refractivity contribution in [2.45, 2.75) is 20.0 Å². The number of rotatable bonds is 4. The minimum Gasteiger partial charge on any atom is -0.489 e. The van der Waals surface area contributed by atoms with Gasteiger partial charge in [-0.3, -0.25) is 0 Å². The maximum absolute atomic E-state index is 13.9. The second kappa shape index (κ2) is 5.82. The summed E-state index contributed by atoms with van der Waals surface area (Å²) in [5, 5.41) is 0. The third-order valence-corrected chi connectivity index (χ3v) is 2.98. The Morgan fingerprint density at radius 3 is 2.35 bits per heavy atom. The number of para-hydroxylation sites is 2. The molecule has 2 aromatic carbocycles. The lowest BCUT2D eigenvalue weighted by Gasteiger charge is -2.23. The van der Waals surface area contributed by atoms with E-state index in [0.717, 1.165) is 0 Å². The second-order valence-corrected chi connectivity index (χ2v) is 4.87. The molecule has 0 bridgehead atoms. The molecule has 0 unspecified atom stereocenters. The fraction of sp³-hybridized carbons (Fsp3) is 0.250. The van der Waals surface area contributed by atoms with Gasteiger partial charge in [0.2, 0.25) is 0 Å². The zero-order valence-electron chi connectivity index (χ0n) is 11.9. The van der Waals surface area contributed by atoms with Crippen LogP contribution in [0.25, 0.3) is 0 Å². The summed E-state index contributed by atoms with van der Waals surface area (Å²) >= 11 is 0. The first-order valence-electron chi connectivity index (χ1n) is 6.54. The molecule has 106 valence electrons. The van der Waals surface area contributed by atoms with Crippen LogP contribution in [0.15, 0.2) is 42.5 Å². The van der Waals surface area contributed by atoms with E-state index in [1.54, 1.807) is 30.1 Å². The van der Waals surface area contributed by atoms with Crippen molar-refractivity contribution in [2.75, 3.05) is 17.7 Å². The predicted molar refractivity (Wildman–Crippen MR) is 81.1 cm³/mol. The zero-order chi connectivity index (χ0) is 14.7. The number of nitrogens with zero attached hydrogens (tertiary/aromatic N) is 1. The van der Waals surface area contributed by atoms with E-state index in [4.69, 9.17) is 10.5 Å². The summed E-state index contributed by atoms with van der Waals surface area (Å²) in [5.41, 5.74) is 7.83. The number of hydrogen-bond acceptors (Lipinski definition) is 3. The largest absolute Gasteiger partial charge is 0.489 e. The number of ether oxygens (including phenoxy) is 1. The number of anilines is 3. The molecular weight excluding hydrogens is 255 g/mol. The van der Waals surface area contributed by atoms with E-state index >= 15 is 0 Å². The Morgan fingerprint density at radius 1 is 1.05 bits per heavy atom. The van der Waals surface area contributed by atoms with Gasteiger partial charge in [-0.1, -0.05) is 18.2 Å². The number of halogens is 1. The Balaban J connectivity index is 2.40. The van der Waals surface area contributed by atoms with Crippen molar-refractivity contribution in [1.29, 1.82) is 0 Å². The molecule has 2 aromatic rings. The Morgan fingerprint density at radius 2 is 1.70 bits per heavy atom. The highest BCUT2D eigenvalue weighted by Crippen LogP contribution is 2.36. The Bertz CT molecular complexity index is 599. The van der Waals surface area contributed by atoms with Crippen LogP contribution in [0.5, 0.6) is 5.75 Å². The van der Waals surface area contributed by atoms with Gasteiger partial charge in [-0.05, 0) is 38.1 Å². The Labute approximate surface area is 118 Å². The van der Waals surface area contributed by atoms with Crippen LogP contribution >= 0.6 is 0 Å². The summed E-state index contributed by atoms with van der Waals surface area (Å²) in [6, 6.07) is 12.1. The first kappa shape index (κ1) is 14.2. The summed E-state index contributed by atoms with van der Waals surface area (Å²) in [4.78, 5) is 1.72. The first-order chi connectivity index (χ1) is 9.50. The third kappa shape index (κ3) is 2.85. The van der Waals surface area contributed by atoms with Crippen molar-refractivity contribution in [1.82, 2.24) is 0 Å². The number of benzene rings is 2. The maximum Gasteiger partial charge on any atom is 0.146 e. The number of nitrogen functional groups attached to an aromatic ring is 1. The van der Waals surface area contributed by atoms with E-state index in [1.807, 2.05) is 32.0 Å². The van der Waals surface area contributed by atoms with Crippen LogP contribution in [0.2, 0.25) is 0 Å². The molecule has 0 spiro atoms. The molecule has 0 aliphatic rings. The molecule has 0 aliphatic heterocycles. The van der Waals surface area contributed by atoms with Gasteiger partial charge in [0.15, 0.2) is 0 Å². The summed E-state index contributed by atoms with van der Waals surface area (Å²) in [7, 11) is 1.78. The van der Waals surface area contributed by atoms with Crippen LogP contribution in [0.1, 0.15) is 13.8 Å². The molecule has 2 N–H and O–H groups in total. The Kier molecular flexibility index (Phi) is 4.13. The lowest BCUT2D eigenvalue weighted by Crippen LogP contribution is -2.14. The van der Waals surface area contributed by atoms with E-state index in [-0.39, 0.29) is 11.9 Å². The molecule has 3 nitrogen and oxygen atoms in total. The highest BCUT2D eigenvalue weighted by Gasteiger charge is 2.14. The molecule has 0 fully saturated rings. The van der Waals surface area contributed by atoms with Gasteiger partial charge in [-0.25, -0.2) is 4.39 Å². The minimum atomic E-state index is -0.287. The molecule has 0 aromatic heterocycles. The summed E-state index contributed by atoms with van der Waals surface area (Å²) in [6.07, 6.45) is 0.0336. The van der Waals surface area contributed by atoms with Gasteiger partial charge >= 0.3 is 0 Å². The molecule has 0 radical (unpaired) electrons. The van der Waals surface area contributed by atoms with E-state index < -0.39 is 0 Å². The van der Waals surface area contributed by atoms with Crippen molar-refractivity contribution < 1.29 is 9.13 Å². The highest BCUT2D eigenvalue weighted by atomic mass is 19.1. The smallest absolute Gasteiger partial charge is 0.146 e. The third-order valence-electron chi connectivity index (χ3n) is 2.98. The molecule has 20 heavy (non-hydrogen) atoms. The fourth-order valence-corrected chi connectivity index (χ4v) is 2.04. The predicted octanol–water partition coefficient (Wildman–Crippen LogP) is 3.96. The molecular formula is C16H19FN2O. The quantitative estimate of drug-likeness (QED) is 0.857. The first-order valence-corrected chi connectivity index (χ1v) is 6.54. The van der Waals surface area contributed by atoms with Gasteiger partial charge in [0.25, 0.3) is 0 Å². The van der Waals surface area contributed by atoms with Gasteiger partial charge in [0.1, 0.15) is 11.6 Å². The van der Waals surface area contributed by atoms with Crippen molar-refractivity contribution in [3.63, 3.8) is 0 Å². The normalized spacial score (nSPS) is 10.7. The molecule has 4 heteroatoms. The van der Waals surface area contributed by atoms with E-state index in [0.29, 0.717) is 22.8 Å². The number of nitrogens with two attached hydrogens (primary N) is 1. The molecule has 0 atom stereocenters. The lowest BCUT2D eigenvalue weighted by molar-refractivity contribution is 0.244. The van der Waals surface area contributed by atoms with Crippen LogP contribution in [0, 0.1) is 5.82 Å². The van der Waals surface area contributed by atoms with Crippen LogP contribution in [-0.2, 0) is 0 Å². The van der Waals surface area contributed by atoms with Gasteiger partial charge in [-0.15, -0.1) is 0 Å². The number of hydrogen-bond donors (Lipinski definition) is 1. The summed E-state index contributed by atoms with van der Waals surface area (Å²) in [5.74, 6) is 0.324. The van der Waals surface area contributed by atoms with E-state index in [1.165, 1.54) is 6.07 Å². The lowest BCUT2D eigenvalue weighted by atomic mass is 10.2. The zero-order valence-corrected chi connectivity index (χ0v) is 11.9. The van der Waals surface area contributed by atoms with E-state index in [2.05, 4.69) is 0 Å². The second-order valence-electron chi connectivity index (χ2n) is 4.87. The molecule has 2 rings (SSSR count). The standard InChI is InChI=1S/C16H19FN2O/c1-11(2)20-15-10-6-9-14(16(15)18)19(3)13-8-5-4-7-12(13)17/h4-11H,18H2,1-3H3. The van der Waals surface area contributed by atoms with Crippen molar-refractivity contribution >= 4 is 17.1 Å². The SMILES string of the molecule is CC(C)Oc1cccc(N(C)c2ccccc2F)c1N. The molecule has 0 saturated carbocycles. The van der Waals surface area contributed by atoms with Crippen LogP contribution in [0.3, 0.4) is 0 Å². The fourth-order valence-electron chi connectivity index (χ4n) is 2.04. The van der Waals surface area contributed by atoms with Gasteiger partial charge in [0.05, 0.1) is 23.2 Å². The highest BCUT2D eigenvalue weighted by molar-refractivity contribution is 5.79. The summed E-state index contributed by atoms with van der Waals surface area (Å²) in [6.45, 7) is 3.87. The van der Waals surface area contributed by atoms with Crippen molar-refractivity contribution in [2.24, 2.45) is 0 Å². The average molecular weight is 274 g/mol. The Hall–Kier alpha value is -2.23. The van der Waals surface area contributed by atoms with E-state index in [9.17, 15) is 4.39 Å². The molecule has 0 aliphatic carbocycles. The van der Waals surface area contributed by atoms with Crippen LogP contribution in [-0.4, -0.2) is 13.2 Å². The molecule has 0 saturated heterocycles. The van der Waals surface area contributed by atoms with Crippen molar-refractivity contribution in [3.8, 4) is 5.75 Å². The van der Waals surface area contributed by atoms with Gasteiger partial charge < -0.3 is 15.4 Å². The maximum atomic E-state index is 13.9. The van der Waals surface area contributed by atoms with Crippen LogP contribution < -0.4 is 15.4 Å². The van der Waals surface area contributed by atoms with Gasteiger partial charge in [-0.2, -0.15) is 0 Å². The summed E-state index contributed by atoms with van der Waals surface area (Å²) < 4.78 is 19.5. The van der Waals surface area contributed by atoms with Crippen LogP contribution in [0.4, 0.5) is 21.5 Å². The monoisotopic (exact) mass is 274 g/mol. The van der Waals surface area contributed by atoms with Gasteiger partial charge in [0, 0.05) is 7.05 Å². The van der Waals surface area contributed by atoms with Crippen molar-refractivity contribution in [3.05, 3.63) is 48.3 Å². The minimum absolute atomic E-state index is 0.0336. The average Bonchev–Trinajstić information content (AvgIpc) is 2.40. The topological polar surface area (TPSA) is 38.5 Å².